The number of furan rings is 1. The summed E-state index contributed by atoms with van der Waals surface area (Å²) in [5, 5.41) is 0. The van der Waals surface area contributed by atoms with E-state index in [4.69, 9.17) is 13.9 Å². The van der Waals surface area contributed by atoms with Crippen LogP contribution in [0.4, 0.5) is 17.6 Å². The largest absolute Gasteiger partial charge is 0.480 e. The number of ether oxygens (including phenoxy) is 2. The van der Waals surface area contributed by atoms with Crippen LogP contribution in [0, 0.1) is 6.01 Å². The Morgan fingerprint density at radius 2 is 1.82 bits per heavy atom. The Morgan fingerprint density at radius 3 is 2.49 bits per heavy atom. The number of imidazole rings is 1. The van der Waals surface area contributed by atoms with E-state index in [1.807, 2.05) is 0 Å². The molecule has 13 heteroatoms. The topological polar surface area (TPSA) is 101 Å². The number of benzene rings is 1. The number of aromatic nitrogens is 6. The molecule has 0 N–H and O–H groups in total. The molecule has 0 atom stereocenters. The Hall–Kier alpha value is -4.55. The molecule has 1 aliphatic rings. The Morgan fingerprint density at radius 1 is 1.05 bits per heavy atom. The summed E-state index contributed by atoms with van der Waals surface area (Å²) >= 11 is 0. The first kappa shape index (κ1) is 24.8. The molecule has 0 amide bonds. The summed E-state index contributed by atoms with van der Waals surface area (Å²) in [4.78, 5) is 21.3. The van der Waals surface area contributed by atoms with E-state index in [1.54, 1.807) is 24.3 Å². The molecule has 1 fully saturated rings. The molecule has 0 bridgehead atoms. The molecule has 0 radical (unpaired) electrons. The molecular weight excluding hydrogens is 520 g/mol. The molecule has 0 saturated heterocycles. The number of nitrogens with zero attached hydrogens (tertiary/aromatic N) is 6. The average molecular weight is 540 g/mol. The molecular formula is C26H20F4N6O3. The fraction of sp³-hybridized carbons (Fsp3) is 0.269. The second-order valence-electron chi connectivity index (χ2n) is 9.08. The van der Waals surface area contributed by atoms with Gasteiger partial charge >= 0.3 is 6.18 Å². The van der Waals surface area contributed by atoms with E-state index in [0.29, 0.717) is 22.6 Å². The lowest BCUT2D eigenvalue weighted by Crippen LogP contribution is -2.05. The number of fused-ring (bicyclic) bond motifs is 1. The number of hydrogen-bond donors (Lipinski definition) is 0. The number of methoxy groups -OCH3 is 1. The third kappa shape index (κ3) is 4.75. The smallest absolute Gasteiger partial charge is 0.434 e. The van der Waals surface area contributed by atoms with Crippen molar-refractivity contribution in [2.24, 2.45) is 7.05 Å². The number of aryl methyl sites for hydroxylation is 1. The molecule has 9 nitrogen and oxygen atoms in total. The lowest BCUT2D eigenvalue weighted by Gasteiger charge is -2.12. The molecule has 6 rings (SSSR count). The number of hydrogen-bond acceptors (Lipinski definition) is 8. The fourth-order valence-corrected chi connectivity index (χ4v) is 4.27. The van der Waals surface area contributed by atoms with Gasteiger partial charge in [-0.15, -0.1) is 0 Å². The fourth-order valence-electron chi connectivity index (χ4n) is 4.27. The van der Waals surface area contributed by atoms with Crippen molar-refractivity contribution in [3.63, 3.8) is 0 Å². The maximum Gasteiger partial charge on any atom is 0.434 e. The van der Waals surface area contributed by atoms with Crippen LogP contribution in [-0.2, 0) is 19.8 Å². The van der Waals surface area contributed by atoms with Crippen molar-refractivity contribution >= 4 is 11.1 Å². The Bertz CT molecular complexity index is 1680. The van der Waals surface area contributed by atoms with Gasteiger partial charge in [-0.1, -0.05) is 24.3 Å². The summed E-state index contributed by atoms with van der Waals surface area (Å²) in [5.41, 5.74) is 1.70. The first-order valence-electron chi connectivity index (χ1n) is 11.9. The quantitative estimate of drug-likeness (QED) is 0.242. The molecule has 39 heavy (non-hydrogen) atoms. The van der Waals surface area contributed by atoms with Gasteiger partial charge in [-0.05, 0) is 18.4 Å². The Kier molecular flexibility index (Phi) is 5.92. The standard InChI is InChI=1S/C26H20F4N6O3/c1-36-10-17(26(28,29)30)34-23(36)15-5-3-13(4-6-15)11-38-25-21-16(9-18(27)39-21)33-22(35-25)19-20(14-7-8-14)31-12-32-24(19)37-2/h3-6,9-10,12,14H,7-8,11H2,1-2H3. The van der Waals surface area contributed by atoms with Gasteiger partial charge in [0, 0.05) is 30.8 Å². The highest BCUT2D eigenvalue weighted by atomic mass is 19.4. The predicted octanol–water partition coefficient (Wildman–Crippen LogP) is 5.70. The normalized spacial score (nSPS) is 13.7. The average Bonchev–Trinajstić information content (AvgIpc) is 3.58. The summed E-state index contributed by atoms with van der Waals surface area (Å²) in [6, 6.07) is 6.96. The summed E-state index contributed by atoms with van der Waals surface area (Å²) in [6.07, 6.45) is -0.252. The minimum absolute atomic E-state index is 0.00884. The number of rotatable bonds is 7. The van der Waals surface area contributed by atoms with Gasteiger partial charge in [0.05, 0.1) is 12.8 Å². The monoisotopic (exact) mass is 540 g/mol. The van der Waals surface area contributed by atoms with Gasteiger partial charge in [-0.25, -0.2) is 19.9 Å². The molecule has 1 aromatic carbocycles. The van der Waals surface area contributed by atoms with Crippen molar-refractivity contribution in [1.29, 1.82) is 0 Å². The van der Waals surface area contributed by atoms with E-state index in [0.717, 1.165) is 30.8 Å². The van der Waals surface area contributed by atoms with Gasteiger partial charge in [-0.3, -0.25) is 0 Å². The third-order valence-corrected chi connectivity index (χ3v) is 6.29. The molecule has 5 aromatic rings. The van der Waals surface area contributed by atoms with Crippen LogP contribution in [0.15, 0.2) is 47.3 Å². The van der Waals surface area contributed by atoms with Gasteiger partial charge in [0.25, 0.3) is 11.9 Å². The molecule has 0 unspecified atom stereocenters. The second-order valence-corrected chi connectivity index (χ2v) is 9.08. The van der Waals surface area contributed by atoms with Crippen LogP contribution in [0.25, 0.3) is 33.9 Å². The van der Waals surface area contributed by atoms with Gasteiger partial charge in [0.2, 0.25) is 11.5 Å². The van der Waals surface area contributed by atoms with Crippen LogP contribution in [0.2, 0.25) is 0 Å². The highest BCUT2D eigenvalue weighted by molar-refractivity contribution is 5.81. The maximum atomic E-state index is 14.1. The van der Waals surface area contributed by atoms with Crippen LogP contribution < -0.4 is 9.47 Å². The maximum absolute atomic E-state index is 14.1. The van der Waals surface area contributed by atoms with Crippen molar-refractivity contribution in [2.75, 3.05) is 7.11 Å². The zero-order valence-corrected chi connectivity index (χ0v) is 20.7. The first-order valence-corrected chi connectivity index (χ1v) is 11.9. The van der Waals surface area contributed by atoms with Crippen molar-refractivity contribution in [2.45, 2.75) is 31.5 Å². The van der Waals surface area contributed by atoms with Crippen LogP contribution in [-0.4, -0.2) is 36.6 Å². The van der Waals surface area contributed by atoms with Crippen molar-refractivity contribution in [1.82, 2.24) is 29.5 Å². The lowest BCUT2D eigenvalue weighted by molar-refractivity contribution is -0.140. The summed E-state index contributed by atoms with van der Waals surface area (Å²) in [6.45, 7) is 0.0143. The van der Waals surface area contributed by atoms with E-state index in [2.05, 4.69) is 24.9 Å². The number of alkyl halides is 3. The van der Waals surface area contributed by atoms with Crippen molar-refractivity contribution in [3.8, 4) is 34.5 Å². The van der Waals surface area contributed by atoms with E-state index in [9.17, 15) is 17.6 Å². The SMILES string of the molecule is COc1ncnc(C2CC2)c1-c1nc(OCc2ccc(-c3nc(C(F)(F)F)cn3C)cc2)c2oc(F)cc2n1. The van der Waals surface area contributed by atoms with E-state index in [-0.39, 0.29) is 41.2 Å². The van der Waals surface area contributed by atoms with Gasteiger partial charge < -0.3 is 18.5 Å². The molecule has 200 valence electrons. The minimum Gasteiger partial charge on any atom is -0.480 e. The minimum atomic E-state index is -4.54. The summed E-state index contributed by atoms with van der Waals surface area (Å²) in [7, 11) is 2.98. The number of halogens is 4. The highest BCUT2D eigenvalue weighted by Crippen LogP contribution is 2.45. The Balaban J connectivity index is 1.30. The van der Waals surface area contributed by atoms with Crippen molar-refractivity contribution in [3.05, 3.63) is 65.8 Å². The molecule has 4 aromatic heterocycles. The zero-order valence-electron chi connectivity index (χ0n) is 20.7. The summed E-state index contributed by atoms with van der Waals surface area (Å²) in [5.74, 6) is 0.914. The Labute approximate surface area is 218 Å². The molecule has 0 spiro atoms. The van der Waals surface area contributed by atoms with E-state index in [1.165, 1.54) is 25.1 Å². The summed E-state index contributed by atoms with van der Waals surface area (Å²) < 4.78 is 71.0. The highest BCUT2D eigenvalue weighted by Gasteiger charge is 2.35. The first-order chi connectivity index (χ1) is 18.7. The third-order valence-electron chi connectivity index (χ3n) is 6.29. The van der Waals surface area contributed by atoms with Crippen LogP contribution in [0.5, 0.6) is 11.8 Å². The van der Waals surface area contributed by atoms with Crippen LogP contribution >= 0.6 is 0 Å². The van der Waals surface area contributed by atoms with E-state index >= 15 is 0 Å². The molecule has 1 saturated carbocycles. The van der Waals surface area contributed by atoms with Gasteiger partial charge in [-0.2, -0.15) is 22.5 Å². The van der Waals surface area contributed by atoms with Crippen LogP contribution in [0.1, 0.15) is 35.7 Å². The van der Waals surface area contributed by atoms with E-state index < -0.39 is 17.9 Å². The molecule has 0 aliphatic heterocycles. The molecule has 1 aliphatic carbocycles. The molecule has 4 heterocycles. The second kappa shape index (κ2) is 9.33. The van der Waals surface area contributed by atoms with Gasteiger partial charge in [0.1, 0.15) is 29.8 Å². The lowest BCUT2D eigenvalue weighted by atomic mass is 10.1. The zero-order chi connectivity index (χ0) is 27.3. The predicted molar refractivity (Wildman–Crippen MR) is 129 cm³/mol. The van der Waals surface area contributed by atoms with Crippen molar-refractivity contribution < 1.29 is 31.5 Å². The van der Waals surface area contributed by atoms with Gasteiger partial charge in [0.15, 0.2) is 11.5 Å². The van der Waals surface area contributed by atoms with Crippen LogP contribution in [0.3, 0.4) is 0 Å².